The number of ether oxygens (including phenoxy) is 1. The molecule has 0 saturated heterocycles. The first kappa shape index (κ1) is 24.8. The van der Waals surface area contributed by atoms with Crippen LogP contribution in [0.1, 0.15) is 56.8 Å². The Labute approximate surface area is 187 Å². The lowest BCUT2D eigenvalue weighted by atomic mass is 9.79. The maximum absolute atomic E-state index is 12.8. The summed E-state index contributed by atoms with van der Waals surface area (Å²) in [4.78, 5) is 24.6. The lowest BCUT2D eigenvalue weighted by molar-refractivity contribution is 0.172. The molecule has 0 aromatic carbocycles. The number of rotatable bonds is 11. The first-order chi connectivity index (χ1) is 15.4. The van der Waals surface area contributed by atoms with E-state index in [2.05, 4.69) is 27.2 Å². The van der Waals surface area contributed by atoms with Crippen molar-refractivity contribution in [1.29, 1.82) is 15.9 Å². The van der Waals surface area contributed by atoms with E-state index in [1.807, 2.05) is 13.0 Å². The van der Waals surface area contributed by atoms with Crippen LogP contribution in [0, 0.1) is 34.0 Å². The van der Waals surface area contributed by atoms with E-state index >= 15 is 0 Å². The molecule has 0 spiro atoms. The summed E-state index contributed by atoms with van der Waals surface area (Å²) in [6.45, 7) is 4.68. The minimum absolute atomic E-state index is 0.0503. The van der Waals surface area contributed by atoms with E-state index in [0.717, 1.165) is 25.7 Å². The fraction of sp³-hybridized carbons (Fsp3) is 0.545. The van der Waals surface area contributed by atoms with Gasteiger partial charge < -0.3 is 20.8 Å². The maximum atomic E-state index is 12.8. The van der Waals surface area contributed by atoms with Gasteiger partial charge in [0.25, 0.3) is 5.56 Å². The van der Waals surface area contributed by atoms with E-state index in [4.69, 9.17) is 21.1 Å². The Balaban J connectivity index is 2.37. The van der Waals surface area contributed by atoms with Crippen LogP contribution in [0.3, 0.4) is 0 Å². The molecule has 0 radical (unpaired) electrons. The minimum Gasteiger partial charge on any atom is -0.403 e. The summed E-state index contributed by atoms with van der Waals surface area (Å²) in [6.07, 6.45) is 5.91. The molecular formula is C22H30N8O2. The lowest BCUT2D eigenvalue weighted by Crippen LogP contribution is -2.35. The molecule has 0 amide bonds. The molecule has 170 valence electrons. The van der Waals surface area contributed by atoms with Gasteiger partial charge in [-0.05, 0) is 32.1 Å². The zero-order valence-electron chi connectivity index (χ0n) is 18.7. The Morgan fingerprint density at radius 3 is 2.75 bits per heavy atom. The van der Waals surface area contributed by atoms with Gasteiger partial charge in [-0.2, -0.15) is 10.5 Å². The Hall–Kier alpha value is -3.50. The van der Waals surface area contributed by atoms with E-state index in [-0.39, 0.29) is 40.9 Å². The predicted octanol–water partition coefficient (Wildman–Crippen LogP) is 2.21. The SMILES string of the molecule is CCC(CCOC)C(C)Nc1nc(C2CCC2N=C/C(C#N)=C\N)[nH]c(=O)c1C(=N)C#N. The highest BCUT2D eigenvalue weighted by Crippen LogP contribution is 2.37. The van der Waals surface area contributed by atoms with Crippen molar-refractivity contribution in [3.63, 3.8) is 0 Å². The quantitative estimate of drug-likeness (QED) is 0.302. The topological polar surface area (TPSA) is 177 Å². The smallest absolute Gasteiger partial charge is 0.263 e. The van der Waals surface area contributed by atoms with Crippen molar-refractivity contribution in [2.24, 2.45) is 16.6 Å². The number of nitrogens with one attached hydrogen (secondary N) is 3. The molecule has 1 aliphatic carbocycles. The third-order valence-corrected chi connectivity index (χ3v) is 5.89. The predicted molar refractivity (Wildman–Crippen MR) is 123 cm³/mol. The third-order valence-electron chi connectivity index (χ3n) is 5.89. The highest BCUT2D eigenvalue weighted by molar-refractivity contribution is 6.12. The molecule has 0 aliphatic heterocycles. The first-order valence-electron chi connectivity index (χ1n) is 10.6. The van der Waals surface area contributed by atoms with Crippen LogP contribution in [0.15, 0.2) is 21.6 Å². The Bertz CT molecular complexity index is 1010. The van der Waals surface area contributed by atoms with Crippen molar-refractivity contribution < 1.29 is 4.74 Å². The molecule has 1 fully saturated rings. The van der Waals surface area contributed by atoms with Crippen molar-refractivity contribution in [2.45, 2.75) is 57.5 Å². The van der Waals surface area contributed by atoms with Crippen LogP contribution in [0.5, 0.6) is 0 Å². The molecule has 1 aliphatic rings. The molecule has 4 unspecified atom stereocenters. The van der Waals surface area contributed by atoms with Crippen LogP contribution in [-0.4, -0.2) is 47.7 Å². The summed E-state index contributed by atoms with van der Waals surface area (Å²) in [6, 6.07) is 3.49. The van der Waals surface area contributed by atoms with Gasteiger partial charge in [0.05, 0.1) is 11.6 Å². The average Bonchev–Trinajstić information content (AvgIpc) is 2.75. The molecule has 10 nitrogen and oxygen atoms in total. The molecule has 5 N–H and O–H groups in total. The molecule has 4 atom stereocenters. The van der Waals surface area contributed by atoms with Crippen LogP contribution in [-0.2, 0) is 4.74 Å². The normalized spacial score (nSPS) is 20.1. The first-order valence-corrected chi connectivity index (χ1v) is 10.6. The highest BCUT2D eigenvalue weighted by Gasteiger charge is 2.35. The molecule has 1 heterocycles. The van der Waals surface area contributed by atoms with Gasteiger partial charge in [-0.3, -0.25) is 15.2 Å². The fourth-order valence-electron chi connectivity index (χ4n) is 3.73. The van der Waals surface area contributed by atoms with Crippen LogP contribution in [0.4, 0.5) is 5.82 Å². The number of nitrogens with zero attached hydrogens (tertiary/aromatic N) is 4. The summed E-state index contributed by atoms with van der Waals surface area (Å²) in [5.41, 5.74) is 4.60. The van der Waals surface area contributed by atoms with Gasteiger partial charge in [0.15, 0.2) is 0 Å². The third kappa shape index (κ3) is 5.80. The second-order valence-electron chi connectivity index (χ2n) is 7.81. The molecule has 10 heteroatoms. The van der Waals surface area contributed by atoms with Crippen molar-refractivity contribution >= 4 is 17.7 Å². The number of hydrogen-bond acceptors (Lipinski definition) is 9. The van der Waals surface area contributed by atoms with Gasteiger partial charge in [0.2, 0.25) is 0 Å². The number of aliphatic imine (C=N–C) groups is 1. The number of anilines is 1. The van der Waals surface area contributed by atoms with Gasteiger partial charge in [0, 0.05) is 38.1 Å². The zero-order valence-corrected chi connectivity index (χ0v) is 18.7. The van der Waals surface area contributed by atoms with Gasteiger partial charge in [-0.1, -0.05) is 13.3 Å². The number of nitriles is 2. The van der Waals surface area contributed by atoms with E-state index in [1.54, 1.807) is 13.2 Å². The molecule has 2 rings (SSSR count). The molecule has 32 heavy (non-hydrogen) atoms. The molecule has 1 aromatic rings. The average molecular weight is 439 g/mol. The molecule has 0 bridgehead atoms. The van der Waals surface area contributed by atoms with Crippen molar-refractivity contribution in [2.75, 3.05) is 19.0 Å². The van der Waals surface area contributed by atoms with E-state index in [9.17, 15) is 10.1 Å². The van der Waals surface area contributed by atoms with Gasteiger partial charge in [0.1, 0.15) is 35.1 Å². The van der Waals surface area contributed by atoms with Crippen LogP contribution in [0.2, 0.25) is 0 Å². The number of nitrogens with two attached hydrogens (primary N) is 1. The van der Waals surface area contributed by atoms with Gasteiger partial charge in [-0.15, -0.1) is 0 Å². The van der Waals surface area contributed by atoms with Crippen LogP contribution >= 0.6 is 0 Å². The molecule has 1 aromatic heterocycles. The fourth-order valence-corrected chi connectivity index (χ4v) is 3.73. The number of allylic oxidation sites excluding steroid dienone is 1. The number of hydrogen-bond donors (Lipinski definition) is 4. The van der Waals surface area contributed by atoms with Gasteiger partial charge in [-0.25, -0.2) is 4.98 Å². The number of aromatic nitrogens is 2. The highest BCUT2D eigenvalue weighted by atomic mass is 16.5. The van der Waals surface area contributed by atoms with Crippen LogP contribution < -0.4 is 16.6 Å². The van der Waals surface area contributed by atoms with Crippen molar-refractivity contribution in [3.05, 3.63) is 33.5 Å². The van der Waals surface area contributed by atoms with Crippen molar-refractivity contribution in [1.82, 2.24) is 9.97 Å². The van der Waals surface area contributed by atoms with E-state index < -0.39 is 11.3 Å². The monoisotopic (exact) mass is 438 g/mol. The van der Waals surface area contributed by atoms with Gasteiger partial charge >= 0.3 is 0 Å². The Morgan fingerprint density at radius 2 is 2.22 bits per heavy atom. The summed E-state index contributed by atoms with van der Waals surface area (Å²) in [5.74, 6) is 0.811. The standard InChI is InChI=1S/C22H30N8O2/c1-4-15(7-8-32-3)13(2)28-21-19(17(26)11-25)22(31)30-20(29-21)16-5-6-18(16)27-12-14(9-23)10-24/h9,12-13,15-16,18,26H,4-8,23H2,1-3H3,(H2,28,29,30,31)/b14-9-,26-17?,27-12?. The molecule has 1 saturated carbocycles. The number of H-pyrrole nitrogens is 1. The maximum Gasteiger partial charge on any atom is 0.263 e. The number of methoxy groups -OCH3 is 1. The lowest BCUT2D eigenvalue weighted by Gasteiger charge is -2.33. The summed E-state index contributed by atoms with van der Waals surface area (Å²) >= 11 is 0. The second-order valence-corrected chi connectivity index (χ2v) is 7.81. The van der Waals surface area contributed by atoms with E-state index in [0.29, 0.717) is 12.4 Å². The van der Waals surface area contributed by atoms with Crippen molar-refractivity contribution in [3.8, 4) is 12.1 Å². The Kier molecular flexibility index (Phi) is 9.11. The minimum atomic E-state index is -0.532. The largest absolute Gasteiger partial charge is 0.403 e. The summed E-state index contributed by atoms with van der Waals surface area (Å²) in [7, 11) is 1.65. The van der Waals surface area contributed by atoms with E-state index in [1.165, 1.54) is 12.4 Å². The molecular weight excluding hydrogens is 408 g/mol. The summed E-state index contributed by atoms with van der Waals surface area (Å²) in [5, 5.41) is 29.4. The second kappa shape index (κ2) is 11.8. The zero-order chi connectivity index (χ0) is 23.7. The Morgan fingerprint density at radius 1 is 1.47 bits per heavy atom. The van der Waals surface area contributed by atoms with Crippen LogP contribution in [0.25, 0.3) is 0 Å². The number of aromatic amines is 1. The summed E-state index contributed by atoms with van der Waals surface area (Å²) < 4.78 is 5.19.